The summed E-state index contributed by atoms with van der Waals surface area (Å²) >= 11 is 0. The minimum Gasteiger partial charge on any atom is -0.364 e. The lowest BCUT2D eigenvalue weighted by Crippen LogP contribution is -2.32. The molecule has 3 aromatic rings. The summed E-state index contributed by atoms with van der Waals surface area (Å²) in [6.45, 7) is 2.80. The second-order valence-corrected chi connectivity index (χ2v) is 7.65. The number of imidazole rings is 1. The lowest BCUT2D eigenvalue weighted by Gasteiger charge is -2.22. The van der Waals surface area contributed by atoms with E-state index in [1.165, 1.54) is 4.68 Å². The molecular formula is C22H25N7O2. The molecule has 2 amide bonds. The topological polar surface area (TPSA) is 141 Å². The summed E-state index contributed by atoms with van der Waals surface area (Å²) in [5.41, 5.74) is 8.26. The number of hydrogen-bond donors (Lipinski definition) is 4. The average molecular weight is 419 g/mol. The zero-order chi connectivity index (χ0) is 22.0. The molecule has 3 heterocycles. The molecule has 1 fully saturated rings. The molecule has 0 spiro atoms. The molecule has 4 rings (SSSR count). The van der Waals surface area contributed by atoms with Gasteiger partial charge in [0.25, 0.3) is 11.8 Å². The van der Waals surface area contributed by atoms with Crippen molar-refractivity contribution in [1.29, 1.82) is 0 Å². The van der Waals surface area contributed by atoms with Crippen LogP contribution in [0.25, 0.3) is 11.3 Å². The number of carbonyl (C=O) groups excluding carboxylic acids is 2. The maximum atomic E-state index is 12.5. The smallest absolute Gasteiger partial charge is 0.269 e. The highest BCUT2D eigenvalue weighted by Crippen LogP contribution is 2.29. The summed E-state index contributed by atoms with van der Waals surface area (Å²) in [7, 11) is 0. The summed E-state index contributed by atoms with van der Waals surface area (Å²) in [4.78, 5) is 33.4. The number of hydrogen-bond acceptors (Lipinski definition) is 6. The van der Waals surface area contributed by atoms with Gasteiger partial charge in [0.15, 0.2) is 5.69 Å². The number of aromatic nitrogens is 3. The molecule has 1 aliphatic heterocycles. The Morgan fingerprint density at radius 2 is 1.97 bits per heavy atom. The van der Waals surface area contributed by atoms with Crippen molar-refractivity contribution in [2.45, 2.75) is 32.2 Å². The first-order valence-corrected chi connectivity index (χ1v) is 10.2. The van der Waals surface area contributed by atoms with Crippen LogP contribution >= 0.6 is 0 Å². The fourth-order valence-electron chi connectivity index (χ4n) is 3.78. The first-order valence-electron chi connectivity index (χ1n) is 10.2. The van der Waals surface area contributed by atoms with Crippen molar-refractivity contribution < 1.29 is 9.59 Å². The fourth-order valence-corrected chi connectivity index (χ4v) is 3.78. The van der Waals surface area contributed by atoms with Crippen LogP contribution in [0.1, 0.15) is 57.5 Å². The van der Waals surface area contributed by atoms with E-state index in [0.29, 0.717) is 28.5 Å². The predicted molar refractivity (Wildman–Crippen MR) is 118 cm³/mol. The molecule has 0 bridgehead atoms. The van der Waals surface area contributed by atoms with Gasteiger partial charge in [0.2, 0.25) is 0 Å². The molecule has 0 saturated carbocycles. The van der Waals surface area contributed by atoms with Crippen LogP contribution in [-0.2, 0) is 0 Å². The molecule has 31 heavy (non-hydrogen) atoms. The van der Waals surface area contributed by atoms with E-state index in [9.17, 15) is 9.59 Å². The van der Waals surface area contributed by atoms with Crippen LogP contribution in [0.15, 0.2) is 42.6 Å². The van der Waals surface area contributed by atoms with Crippen LogP contribution in [0.2, 0.25) is 0 Å². The van der Waals surface area contributed by atoms with Crippen molar-refractivity contribution in [3.05, 3.63) is 65.2 Å². The number of aryl methyl sites for hydroxylation is 1. The van der Waals surface area contributed by atoms with Crippen LogP contribution in [0.4, 0.5) is 5.82 Å². The van der Waals surface area contributed by atoms with Crippen LogP contribution < -0.4 is 22.2 Å². The minimum atomic E-state index is -0.653. The Labute approximate surface area is 179 Å². The van der Waals surface area contributed by atoms with E-state index in [2.05, 4.69) is 20.6 Å². The van der Waals surface area contributed by atoms with Gasteiger partial charge >= 0.3 is 0 Å². The van der Waals surface area contributed by atoms with Gasteiger partial charge < -0.3 is 22.2 Å². The van der Waals surface area contributed by atoms with Crippen LogP contribution in [0, 0.1) is 6.92 Å². The average Bonchev–Trinajstić information content (AvgIpc) is 3.12. The van der Waals surface area contributed by atoms with Gasteiger partial charge in [0.1, 0.15) is 17.3 Å². The third-order valence-electron chi connectivity index (χ3n) is 5.37. The SMILES string of the molecule is Cc1ccnc(NC(=O)c2ccc(-c3nc([C@@H]4CCCCN4)n(N)c3C(N)=O)cc2)c1. The molecule has 0 unspecified atom stereocenters. The summed E-state index contributed by atoms with van der Waals surface area (Å²) in [5, 5.41) is 6.16. The number of amides is 2. The van der Waals surface area contributed by atoms with Crippen molar-refractivity contribution in [3.63, 3.8) is 0 Å². The summed E-state index contributed by atoms with van der Waals surface area (Å²) in [6, 6.07) is 10.4. The Balaban J connectivity index is 1.61. The highest BCUT2D eigenvalue weighted by atomic mass is 16.2. The standard InChI is InChI=1S/C22H25N7O2/c1-13-9-11-26-17(12-13)27-22(31)15-7-5-14(6-8-15)18-19(20(23)30)29(24)21(28-18)16-4-2-3-10-25-16/h5-9,11-12,16,25H,2-4,10,24H2,1H3,(H2,23,30)(H,26,27,31)/t16-/m0/s1. The fraction of sp³-hybridized carbons (Fsp3) is 0.273. The van der Waals surface area contributed by atoms with Gasteiger partial charge in [0, 0.05) is 17.3 Å². The van der Waals surface area contributed by atoms with E-state index in [4.69, 9.17) is 11.6 Å². The quantitative estimate of drug-likeness (QED) is 0.467. The van der Waals surface area contributed by atoms with Gasteiger partial charge in [-0.25, -0.2) is 14.6 Å². The van der Waals surface area contributed by atoms with E-state index in [0.717, 1.165) is 31.4 Å². The van der Waals surface area contributed by atoms with E-state index in [1.807, 2.05) is 13.0 Å². The number of anilines is 1. The number of pyridine rings is 1. The third kappa shape index (κ3) is 4.26. The van der Waals surface area contributed by atoms with Crippen LogP contribution in [-0.4, -0.2) is 33.0 Å². The Hall–Kier alpha value is -3.72. The molecule has 0 radical (unpaired) electrons. The maximum absolute atomic E-state index is 12.5. The summed E-state index contributed by atoms with van der Waals surface area (Å²) < 4.78 is 1.28. The summed E-state index contributed by atoms with van der Waals surface area (Å²) in [6.07, 6.45) is 4.68. The number of piperidine rings is 1. The van der Waals surface area contributed by atoms with Gasteiger partial charge in [-0.1, -0.05) is 18.6 Å². The predicted octanol–water partition coefficient (Wildman–Crippen LogP) is 2.13. The lowest BCUT2D eigenvalue weighted by atomic mass is 10.0. The lowest BCUT2D eigenvalue weighted by molar-refractivity contribution is 0.0991. The van der Waals surface area contributed by atoms with Crippen molar-refractivity contribution in [2.24, 2.45) is 5.73 Å². The molecule has 0 aliphatic carbocycles. The van der Waals surface area contributed by atoms with E-state index in [1.54, 1.807) is 36.5 Å². The zero-order valence-corrected chi connectivity index (χ0v) is 17.3. The molecule has 2 aromatic heterocycles. The van der Waals surface area contributed by atoms with Gasteiger partial charge in [-0.05, 0) is 56.1 Å². The largest absolute Gasteiger partial charge is 0.364 e. The van der Waals surface area contributed by atoms with Crippen molar-refractivity contribution >= 4 is 17.6 Å². The molecule has 1 aromatic carbocycles. The van der Waals surface area contributed by atoms with E-state index < -0.39 is 5.91 Å². The van der Waals surface area contributed by atoms with Crippen molar-refractivity contribution in [2.75, 3.05) is 17.7 Å². The van der Waals surface area contributed by atoms with Gasteiger partial charge in [0.05, 0.1) is 6.04 Å². The Kier molecular flexibility index (Phi) is 5.68. The first kappa shape index (κ1) is 20.5. The number of nitrogens with two attached hydrogens (primary N) is 2. The molecule has 6 N–H and O–H groups in total. The van der Waals surface area contributed by atoms with E-state index in [-0.39, 0.29) is 17.6 Å². The highest BCUT2D eigenvalue weighted by molar-refractivity contribution is 6.04. The second kappa shape index (κ2) is 8.57. The van der Waals surface area contributed by atoms with Gasteiger partial charge in [-0.15, -0.1) is 0 Å². The van der Waals surface area contributed by atoms with Crippen molar-refractivity contribution in [3.8, 4) is 11.3 Å². The number of carbonyl (C=O) groups is 2. The Bertz CT molecular complexity index is 1120. The highest BCUT2D eigenvalue weighted by Gasteiger charge is 2.27. The molecule has 9 nitrogen and oxygen atoms in total. The summed E-state index contributed by atoms with van der Waals surface area (Å²) in [5.74, 6) is 6.32. The first-order chi connectivity index (χ1) is 14.9. The van der Waals surface area contributed by atoms with Crippen molar-refractivity contribution in [1.82, 2.24) is 20.0 Å². The third-order valence-corrected chi connectivity index (χ3v) is 5.37. The zero-order valence-electron chi connectivity index (χ0n) is 17.3. The molecule has 9 heteroatoms. The second-order valence-electron chi connectivity index (χ2n) is 7.65. The number of rotatable bonds is 5. The monoisotopic (exact) mass is 419 g/mol. The number of nitrogens with one attached hydrogen (secondary N) is 2. The molecular weight excluding hydrogens is 394 g/mol. The molecule has 160 valence electrons. The van der Waals surface area contributed by atoms with E-state index >= 15 is 0 Å². The van der Waals surface area contributed by atoms with Crippen LogP contribution in [0.5, 0.6) is 0 Å². The minimum absolute atomic E-state index is 0.0301. The molecule has 1 atom stereocenters. The number of benzene rings is 1. The number of primary amides is 1. The number of nitrogen functional groups attached to an aromatic ring is 1. The normalized spacial score (nSPS) is 16.1. The van der Waals surface area contributed by atoms with Gasteiger partial charge in [-0.2, -0.15) is 0 Å². The molecule has 1 saturated heterocycles. The molecule has 1 aliphatic rings. The maximum Gasteiger partial charge on any atom is 0.269 e. The van der Waals surface area contributed by atoms with Crippen LogP contribution in [0.3, 0.4) is 0 Å². The Morgan fingerprint density at radius 3 is 2.61 bits per heavy atom. The van der Waals surface area contributed by atoms with Gasteiger partial charge in [-0.3, -0.25) is 9.59 Å². The Morgan fingerprint density at radius 1 is 1.19 bits per heavy atom. The number of nitrogens with zero attached hydrogens (tertiary/aromatic N) is 3.